The van der Waals surface area contributed by atoms with Gasteiger partial charge >= 0.3 is 39.5 Å². The minimum Gasteiger partial charge on any atom is -0.462 e. The Balaban J connectivity index is 5.47. The van der Waals surface area contributed by atoms with Gasteiger partial charge in [0.25, 0.3) is 0 Å². The average molecular weight is 1490 g/mol. The summed E-state index contributed by atoms with van der Waals surface area (Å²) < 4.78 is 68.4. The molecule has 0 aliphatic rings. The third kappa shape index (κ3) is 74.7. The molecule has 0 aromatic rings. The van der Waals surface area contributed by atoms with Gasteiger partial charge in [-0.05, 0) is 154 Å². The first-order valence-corrected chi connectivity index (χ1v) is 42.4. The van der Waals surface area contributed by atoms with Crippen LogP contribution in [-0.2, 0) is 65.4 Å². The van der Waals surface area contributed by atoms with Gasteiger partial charge in [0.2, 0.25) is 0 Å². The van der Waals surface area contributed by atoms with Crippen LogP contribution in [0.15, 0.2) is 170 Å². The highest BCUT2D eigenvalue weighted by molar-refractivity contribution is 7.47. The number of ether oxygens (including phenoxy) is 4. The summed E-state index contributed by atoms with van der Waals surface area (Å²) in [7, 11) is -10.0. The van der Waals surface area contributed by atoms with Crippen molar-refractivity contribution in [3.8, 4) is 0 Å². The Morgan fingerprint density at radius 3 is 0.856 bits per heavy atom. The van der Waals surface area contributed by atoms with E-state index in [1.54, 1.807) is 6.08 Å². The molecule has 3 N–H and O–H groups in total. The van der Waals surface area contributed by atoms with Crippen LogP contribution < -0.4 is 0 Å². The largest absolute Gasteiger partial charge is 0.472 e. The first kappa shape index (κ1) is 98.4. The van der Waals surface area contributed by atoms with Gasteiger partial charge in [-0.15, -0.1) is 0 Å². The number of phosphoric acid groups is 2. The van der Waals surface area contributed by atoms with E-state index in [4.69, 9.17) is 37.0 Å². The second-order valence-corrected chi connectivity index (χ2v) is 28.4. The lowest BCUT2D eigenvalue weighted by Crippen LogP contribution is -2.30. The molecule has 0 fully saturated rings. The summed E-state index contributed by atoms with van der Waals surface area (Å²) in [5, 5.41) is 10.6. The van der Waals surface area contributed by atoms with Gasteiger partial charge in [-0.25, -0.2) is 9.13 Å². The molecule has 5 unspecified atom stereocenters. The molecule has 0 heterocycles. The van der Waals surface area contributed by atoms with Crippen LogP contribution in [0.2, 0.25) is 0 Å². The van der Waals surface area contributed by atoms with Crippen molar-refractivity contribution in [2.24, 2.45) is 0 Å². The van der Waals surface area contributed by atoms with Gasteiger partial charge in [0.1, 0.15) is 19.3 Å². The molecule has 19 heteroatoms. The Bertz CT molecular complexity index is 2640. The highest BCUT2D eigenvalue weighted by Gasteiger charge is 2.30. The summed E-state index contributed by atoms with van der Waals surface area (Å²) >= 11 is 0. The molecular formula is C85H138O17P2. The Morgan fingerprint density at radius 2 is 0.538 bits per heavy atom. The summed E-state index contributed by atoms with van der Waals surface area (Å²) in [4.78, 5) is 72.9. The van der Waals surface area contributed by atoms with Crippen LogP contribution >= 0.6 is 15.6 Å². The first-order valence-electron chi connectivity index (χ1n) is 39.4. The molecule has 0 aliphatic heterocycles. The van der Waals surface area contributed by atoms with Crippen molar-refractivity contribution in [2.75, 3.05) is 39.6 Å². The Labute approximate surface area is 629 Å². The molecule has 0 aromatic heterocycles. The maximum Gasteiger partial charge on any atom is 0.472 e. The Hall–Kier alpha value is -5.58. The molecule has 17 nitrogen and oxygen atoms in total. The minimum absolute atomic E-state index is 0.0498. The van der Waals surface area contributed by atoms with Gasteiger partial charge < -0.3 is 33.8 Å². The predicted molar refractivity (Wildman–Crippen MR) is 426 cm³/mol. The molecule has 0 saturated carbocycles. The van der Waals surface area contributed by atoms with E-state index in [0.717, 1.165) is 186 Å². The molecule has 590 valence electrons. The fraction of sp³-hybridized carbons (Fsp3) is 0.624. The van der Waals surface area contributed by atoms with E-state index in [0.29, 0.717) is 25.7 Å². The van der Waals surface area contributed by atoms with Crippen molar-refractivity contribution < 1.29 is 80.2 Å². The van der Waals surface area contributed by atoms with Gasteiger partial charge in [0.15, 0.2) is 12.2 Å². The van der Waals surface area contributed by atoms with E-state index in [2.05, 4.69) is 174 Å². The Morgan fingerprint density at radius 1 is 0.288 bits per heavy atom. The lowest BCUT2D eigenvalue weighted by Gasteiger charge is -2.21. The summed E-state index contributed by atoms with van der Waals surface area (Å²) in [6.45, 7) is 4.33. The molecule has 0 spiro atoms. The van der Waals surface area contributed by atoms with Crippen LogP contribution in [0.5, 0.6) is 0 Å². The lowest BCUT2D eigenvalue weighted by molar-refractivity contribution is -0.161. The molecule has 0 saturated heterocycles. The molecule has 0 aliphatic carbocycles. The monoisotopic (exact) mass is 1490 g/mol. The molecule has 104 heavy (non-hydrogen) atoms. The van der Waals surface area contributed by atoms with E-state index in [1.165, 1.54) is 19.3 Å². The van der Waals surface area contributed by atoms with Crippen LogP contribution in [0.1, 0.15) is 285 Å². The van der Waals surface area contributed by atoms with E-state index < -0.39 is 97.5 Å². The Kier molecular flexibility index (Phi) is 71.6. The smallest absolute Gasteiger partial charge is 0.462 e. The molecule has 0 amide bonds. The second-order valence-electron chi connectivity index (χ2n) is 25.5. The van der Waals surface area contributed by atoms with Gasteiger partial charge in [-0.3, -0.25) is 37.3 Å². The van der Waals surface area contributed by atoms with Crippen molar-refractivity contribution in [1.29, 1.82) is 0 Å². The predicted octanol–water partition coefficient (Wildman–Crippen LogP) is 23.0. The number of carbonyl (C=O) groups excluding carboxylic acids is 4. The van der Waals surface area contributed by atoms with Gasteiger partial charge in [0.05, 0.1) is 32.8 Å². The topological polar surface area (TPSA) is 237 Å². The maximum absolute atomic E-state index is 13.1. The van der Waals surface area contributed by atoms with E-state index in [1.807, 2.05) is 18.2 Å². The number of esters is 4. The van der Waals surface area contributed by atoms with Gasteiger partial charge in [-0.2, -0.15) is 0 Å². The number of aliphatic hydroxyl groups is 1. The number of hydrogen-bond acceptors (Lipinski definition) is 15. The standard InChI is InChI=1S/C85H138O17P2/c1-5-9-13-17-21-25-29-33-37-38-39-40-44-46-50-54-58-62-66-70-83(88)96-76-81(102-85(90)72-68-64-60-56-52-48-43-36-32-28-24-20-16-12-8-4)78-100-104(93,94)98-74-79(86)73-97-103(91,92)99-77-80(101-84(89)71-67-63-59-55-51-47-42-35-31-27-23-19-15-11-7-3)75-95-82(87)69-65-61-57-53-49-45-41-34-30-26-22-18-14-10-6-2/h9-11,13-15,21-28,33-37,39-43,49,53,61,65,79-81,86H,5-8,12,16-20,29-32,38,44-48,50-52,54-60,62-64,66-78H2,1-4H3,(H,91,92)(H,93,94)/b13-9-,14-10-,15-11-,25-21-,26-22-,27-23-,28-24-,37-33-,40-39-,41-34-,42-35-,43-36-,53-49-,65-61-. The summed E-state index contributed by atoms with van der Waals surface area (Å²) in [5.74, 6) is -2.38. The summed E-state index contributed by atoms with van der Waals surface area (Å²) in [6.07, 6.45) is 89.3. The highest BCUT2D eigenvalue weighted by Crippen LogP contribution is 2.45. The van der Waals surface area contributed by atoms with Crippen LogP contribution in [0, 0.1) is 0 Å². The molecule has 5 atom stereocenters. The van der Waals surface area contributed by atoms with E-state index >= 15 is 0 Å². The van der Waals surface area contributed by atoms with Crippen molar-refractivity contribution >= 4 is 39.5 Å². The van der Waals surface area contributed by atoms with Crippen LogP contribution in [-0.4, -0.2) is 96.7 Å². The van der Waals surface area contributed by atoms with Crippen LogP contribution in [0.25, 0.3) is 0 Å². The molecule has 0 radical (unpaired) electrons. The quantitative estimate of drug-likeness (QED) is 0.0169. The fourth-order valence-electron chi connectivity index (χ4n) is 9.80. The second kappa shape index (κ2) is 75.6. The van der Waals surface area contributed by atoms with Gasteiger partial charge in [0, 0.05) is 19.3 Å². The molecule has 0 rings (SSSR count). The minimum atomic E-state index is -5.01. The SMILES string of the molecule is CC/C=C\C/C=C\C/C=C\C/C=C\C/C=C\CC(=O)OCC(COP(=O)(O)OCC(O)COP(=O)(O)OCC(COC(=O)CCCCCCCC/C=C\C/C=C\C/C=C\C/C=C\CC)OC(=O)CCCCCCC/C=C\C/C=C\CCCCC)OC(=O)CCCCCCC/C=C\C/C=C\C/C=C\CC. The van der Waals surface area contributed by atoms with Crippen LogP contribution in [0.3, 0.4) is 0 Å². The summed E-state index contributed by atoms with van der Waals surface area (Å²) in [6, 6.07) is 0. The third-order valence-corrected chi connectivity index (χ3v) is 17.6. The molecule has 0 bridgehead atoms. The number of rotatable bonds is 72. The number of phosphoric ester groups is 2. The van der Waals surface area contributed by atoms with Crippen molar-refractivity contribution in [3.05, 3.63) is 170 Å². The fourth-order valence-corrected chi connectivity index (χ4v) is 11.4. The number of aliphatic hydroxyl groups excluding tert-OH is 1. The third-order valence-electron chi connectivity index (χ3n) is 15.7. The zero-order chi connectivity index (χ0) is 76.0. The number of carbonyl (C=O) groups is 4. The highest BCUT2D eigenvalue weighted by atomic mass is 31.2. The van der Waals surface area contributed by atoms with Gasteiger partial charge in [-0.1, -0.05) is 275 Å². The lowest BCUT2D eigenvalue weighted by atomic mass is 10.1. The number of allylic oxidation sites excluding steroid dienone is 27. The molecule has 0 aromatic carbocycles. The van der Waals surface area contributed by atoms with Crippen LogP contribution in [0.4, 0.5) is 0 Å². The maximum atomic E-state index is 13.1. The average Bonchev–Trinajstić information content (AvgIpc) is 0.912. The summed E-state index contributed by atoms with van der Waals surface area (Å²) in [5.41, 5.74) is 0. The molecular weight excluding hydrogens is 1350 g/mol. The number of unbranched alkanes of at least 4 members (excludes halogenated alkanes) is 19. The van der Waals surface area contributed by atoms with Crippen molar-refractivity contribution in [2.45, 2.75) is 303 Å². The first-order chi connectivity index (χ1) is 50.7. The van der Waals surface area contributed by atoms with E-state index in [9.17, 15) is 43.2 Å². The van der Waals surface area contributed by atoms with Crippen molar-refractivity contribution in [1.82, 2.24) is 0 Å². The number of hydrogen-bond donors (Lipinski definition) is 3. The van der Waals surface area contributed by atoms with E-state index in [-0.39, 0.29) is 25.7 Å². The van der Waals surface area contributed by atoms with Crippen molar-refractivity contribution in [3.63, 3.8) is 0 Å². The zero-order valence-electron chi connectivity index (χ0n) is 64.4. The zero-order valence-corrected chi connectivity index (χ0v) is 66.2. The normalized spacial score (nSPS) is 14.8.